The molecule has 0 spiro atoms. The highest BCUT2D eigenvalue weighted by Crippen LogP contribution is 2.27. The molecule has 1 amide bonds. The van der Waals surface area contributed by atoms with E-state index in [1.54, 1.807) is 12.1 Å². The molecule has 150 valence electrons. The highest BCUT2D eigenvalue weighted by Gasteiger charge is 2.19. The molecule has 0 aromatic heterocycles. The molecule has 0 saturated heterocycles. The summed E-state index contributed by atoms with van der Waals surface area (Å²) in [6, 6.07) is 10.1. The first-order chi connectivity index (χ1) is 13.1. The van der Waals surface area contributed by atoms with Crippen LogP contribution in [0, 0.1) is 10.1 Å². The Balaban J connectivity index is 1.96. The van der Waals surface area contributed by atoms with Gasteiger partial charge in [-0.05, 0) is 36.8 Å². The number of carbonyl (C=O) groups is 1. The average molecular weight is 427 g/mol. The van der Waals surface area contributed by atoms with Gasteiger partial charge in [-0.25, -0.2) is 13.6 Å². The number of hydrogen-bond donors (Lipinski definition) is 3. The van der Waals surface area contributed by atoms with Crippen LogP contribution in [0.4, 0.5) is 11.4 Å². The first-order valence-electron chi connectivity index (χ1n) is 8.18. The molecule has 0 saturated carbocycles. The van der Waals surface area contributed by atoms with Gasteiger partial charge in [-0.1, -0.05) is 23.7 Å². The molecule has 0 aliphatic carbocycles. The number of nitro benzene ring substituents is 1. The predicted octanol–water partition coefficient (Wildman–Crippen LogP) is 2.58. The minimum atomic E-state index is -4.06. The Bertz CT molecular complexity index is 980. The third-order valence-electron chi connectivity index (χ3n) is 3.91. The summed E-state index contributed by atoms with van der Waals surface area (Å²) in [5.41, 5.74) is 0.539. The van der Waals surface area contributed by atoms with Crippen molar-refractivity contribution in [2.24, 2.45) is 5.14 Å². The molecule has 9 nitrogen and oxygen atoms in total. The fourth-order valence-electron chi connectivity index (χ4n) is 2.45. The Kier molecular flexibility index (Phi) is 6.95. The Morgan fingerprint density at radius 2 is 1.89 bits per heavy atom. The smallest absolute Gasteiger partial charge is 0.293 e. The fraction of sp³-hybridized carbons (Fsp3) is 0.235. The summed E-state index contributed by atoms with van der Waals surface area (Å²) in [5, 5.41) is 22.3. The number of sulfonamides is 1. The summed E-state index contributed by atoms with van der Waals surface area (Å²) < 4.78 is 22.7. The normalized spacial score (nSPS) is 12.2. The van der Waals surface area contributed by atoms with E-state index >= 15 is 0 Å². The van der Waals surface area contributed by atoms with Crippen LogP contribution in [0.15, 0.2) is 47.4 Å². The van der Waals surface area contributed by atoms with Crippen molar-refractivity contribution in [1.82, 2.24) is 5.32 Å². The Labute approximate surface area is 167 Å². The summed E-state index contributed by atoms with van der Waals surface area (Å²) >= 11 is 5.83. The van der Waals surface area contributed by atoms with Crippen molar-refractivity contribution >= 4 is 38.9 Å². The number of nitro groups is 1. The van der Waals surface area contributed by atoms with Crippen molar-refractivity contribution in [1.29, 1.82) is 0 Å². The van der Waals surface area contributed by atoms with Crippen LogP contribution in [0.1, 0.15) is 24.9 Å². The molecule has 0 aliphatic heterocycles. The second kappa shape index (κ2) is 9.00. The van der Waals surface area contributed by atoms with Gasteiger partial charge in [0.2, 0.25) is 15.9 Å². The van der Waals surface area contributed by atoms with Crippen LogP contribution in [0.5, 0.6) is 0 Å². The Hall–Kier alpha value is -2.69. The average Bonchev–Trinajstić information content (AvgIpc) is 2.61. The minimum Gasteiger partial charge on any atom is -0.379 e. The number of primary sulfonamides is 1. The Morgan fingerprint density at radius 1 is 1.25 bits per heavy atom. The molecule has 0 fully saturated rings. The molecule has 1 atom stereocenters. The highest BCUT2D eigenvalue weighted by molar-refractivity contribution is 7.89. The van der Waals surface area contributed by atoms with E-state index in [-0.39, 0.29) is 35.5 Å². The maximum atomic E-state index is 12.1. The number of amides is 1. The van der Waals surface area contributed by atoms with Crippen LogP contribution >= 0.6 is 11.6 Å². The molecule has 2 aromatic carbocycles. The van der Waals surface area contributed by atoms with E-state index in [4.69, 9.17) is 16.7 Å². The molecule has 4 N–H and O–H groups in total. The molecule has 2 rings (SSSR count). The molecule has 0 aliphatic rings. The van der Waals surface area contributed by atoms with E-state index in [1.807, 2.05) is 19.1 Å². The fourth-order valence-corrected chi connectivity index (χ4v) is 3.11. The van der Waals surface area contributed by atoms with Crippen LogP contribution in [0.3, 0.4) is 0 Å². The lowest BCUT2D eigenvalue weighted by Gasteiger charge is -2.15. The van der Waals surface area contributed by atoms with Crippen molar-refractivity contribution < 1.29 is 18.1 Å². The van der Waals surface area contributed by atoms with Crippen LogP contribution in [0.25, 0.3) is 0 Å². The zero-order valence-corrected chi connectivity index (χ0v) is 16.5. The van der Waals surface area contributed by atoms with Crippen LogP contribution in [-0.4, -0.2) is 25.8 Å². The Morgan fingerprint density at radius 3 is 2.46 bits per heavy atom. The van der Waals surface area contributed by atoms with Gasteiger partial charge in [0, 0.05) is 24.1 Å². The summed E-state index contributed by atoms with van der Waals surface area (Å²) in [7, 11) is -4.06. The van der Waals surface area contributed by atoms with Gasteiger partial charge in [0.1, 0.15) is 5.69 Å². The van der Waals surface area contributed by atoms with E-state index in [0.717, 1.165) is 17.7 Å². The van der Waals surface area contributed by atoms with Crippen molar-refractivity contribution in [2.45, 2.75) is 24.3 Å². The van der Waals surface area contributed by atoms with Crippen molar-refractivity contribution in [3.05, 3.63) is 63.2 Å². The number of nitrogens with two attached hydrogens (primary N) is 1. The molecule has 0 heterocycles. The van der Waals surface area contributed by atoms with Gasteiger partial charge in [-0.15, -0.1) is 0 Å². The molecular formula is C17H19ClN4O5S. The lowest BCUT2D eigenvalue weighted by Crippen LogP contribution is -2.28. The van der Waals surface area contributed by atoms with E-state index in [9.17, 15) is 23.3 Å². The third kappa shape index (κ3) is 5.91. The first kappa shape index (κ1) is 21.6. The van der Waals surface area contributed by atoms with Gasteiger partial charge in [-0.3, -0.25) is 14.9 Å². The quantitative estimate of drug-likeness (QED) is 0.437. The number of nitrogens with one attached hydrogen (secondary N) is 2. The first-order valence-corrected chi connectivity index (χ1v) is 10.1. The summed E-state index contributed by atoms with van der Waals surface area (Å²) in [6.07, 6.45) is 0.0615. The van der Waals surface area contributed by atoms with Crippen LogP contribution < -0.4 is 15.8 Å². The summed E-state index contributed by atoms with van der Waals surface area (Å²) in [4.78, 5) is 22.2. The summed E-state index contributed by atoms with van der Waals surface area (Å²) in [5.74, 6) is -0.251. The lowest BCUT2D eigenvalue weighted by atomic mass is 10.1. The third-order valence-corrected chi connectivity index (χ3v) is 5.07. The topological polar surface area (TPSA) is 144 Å². The number of carbonyl (C=O) groups excluding carboxylic acids is 1. The highest BCUT2D eigenvalue weighted by atomic mass is 35.5. The van der Waals surface area contributed by atoms with Gasteiger partial charge < -0.3 is 10.6 Å². The monoisotopic (exact) mass is 426 g/mol. The number of halogens is 1. The van der Waals surface area contributed by atoms with Gasteiger partial charge in [0.25, 0.3) is 5.69 Å². The predicted molar refractivity (Wildman–Crippen MR) is 106 cm³/mol. The summed E-state index contributed by atoms with van der Waals surface area (Å²) in [6.45, 7) is 1.94. The molecule has 1 unspecified atom stereocenters. The van der Waals surface area contributed by atoms with Gasteiger partial charge in [0.05, 0.1) is 15.9 Å². The zero-order valence-electron chi connectivity index (χ0n) is 14.9. The van der Waals surface area contributed by atoms with E-state index in [1.165, 1.54) is 6.07 Å². The van der Waals surface area contributed by atoms with Crippen molar-refractivity contribution in [3.63, 3.8) is 0 Å². The number of anilines is 1. The minimum absolute atomic E-state index is 0.0615. The van der Waals surface area contributed by atoms with E-state index in [2.05, 4.69) is 10.6 Å². The maximum absolute atomic E-state index is 12.1. The van der Waals surface area contributed by atoms with Crippen molar-refractivity contribution in [3.8, 4) is 0 Å². The number of benzene rings is 2. The van der Waals surface area contributed by atoms with Crippen LogP contribution in [-0.2, 0) is 14.8 Å². The van der Waals surface area contributed by atoms with E-state index < -0.39 is 20.6 Å². The molecule has 11 heteroatoms. The lowest BCUT2D eigenvalue weighted by molar-refractivity contribution is -0.384. The van der Waals surface area contributed by atoms with E-state index in [0.29, 0.717) is 5.02 Å². The van der Waals surface area contributed by atoms with Gasteiger partial charge in [-0.2, -0.15) is 0 Å². The van der Waals surface area contributed by atoms with Crippen LogP contribution in [0.2, 0.25) is 5.02 Å². The molecule has 2 aromatic rings. The largest absolute Gasteiger partial charge is 0.379 e. The SMILES string of the molecule is CC(NC(=O)CCNc1ccc(S(N)(=O)=O)cc1[N+](=O)[O-])c1ccc(Cl)cc1. The second-order valence-corrected chi connectivity index (χ2v) is 8.00. The molecule has 0 radical (unpaired) electrons. The van der Waals surface area contributed by atoms with Gasteiger partial charge in [0.15, 0.2) is 0 Å². The molecular weight excluding hydrogens is 408 g/mol. The molecule has 0 bridgehead atoms. The number of nitrogens with zero attached hydrogens (tertiary/aromatic N) is 1. The van der Waals surface area contributed by atoms with Gasteiger partial charge >= 0.3 is 0 Å². The maximum Gasteiger partial charge on any atom is 0.293 e. The van der Waals surface area contributed by atoms with Crippen molar-refractivity contribution in [2.75, 3.05) is 11.9 Å². The standard InChI is InChI=1S/C17H19ClN4O5S/c1-11(12-2-4-13(18)5-3-12)21-17(23)8-9-20-15-7-6-14(28(19,26)27)10-16(15)22(24)25/h2-7,10-11,20H,8-9H2,1H3,(H,21,23)(H2,19,26,27). The molecule has 28 heavy (non-hydrogen) atoms. The number of rotatable bonds is 8. The number of hydrogen-bond acceptors (Lipinski definition) is 6. The second-order valence-electron chi connectivity index (χ2n) is 6.00. The zero-order chi connectivity index (χ0) is 20.9.